The van der Waals surface area contributed by atoms with Crippen molar-refractivity contribution in [1.29, 1.82) is 0 Å². The van der Waals surface area contributed by atoms with Gasteiger partial charge in [-0.25, -0.2) is 0 Å². The zero-order valence-corrected chi connectivity index (χ0v) is 12.4. The van der Waals surface area contributed by atoms with E-state index in [4.69, 9.17) is 9.84 Å². The molecule has 0 fully saturated rings. The van der Waals surface area contributed by atoms with Crippen LogP contribution in [0.2, 0.25) is 0 Å². The first kappa shape index (κ1) is 17.9. The Labute approximate surface area is 115 Å². The number of ether oxygens (including phenoxy) is 1. The van der Waals surface area contributed by atoms with Gasteiger partial charge in [-0.05, 0) is 26.2 Å². The minimum atomic E-state index is -0.283. The highest BCUT2D eigenvalue weighted by Gasteiger charge is 2.21. The number of esters is 1. The molecule has 0 aromatic rings. The molecule has 5 heteroatoms. The lowest BCUT2D eigenvalue weighted by atomic mass is 10.0. The Balaban J connectivity index is 4.43. The molecule has 0 saturated carbocycles. The number of rotatable bonds is 10. The maximum atomic E-state index is 12.3. The third-order valence-corrected chi connectivity index (χ3v) is 3.12. The molecule has 0 aliphatic carbocycles. The van der Waals surface area contributed by atoms with E-state index in [-0.39, 0.29) is 30.8 Å². The maximum Gasteiger partial charge on any atom is 0.307 e. The molecule has 0 unspecified atom stereocenters. The summed E-state index contributed by atoms with van der Waals surface area (Å²) in [7, 11) is 0. The highest BCUT2D eigenvalue weighted by molar-refractivity contribution is 5.79. The lowest BCUT2D eigenvalue weighted by Gasteiger charge is -2.26. The number of carbonyl (C=O) groups is 2. The van der Waals surface area contributed by atoms with Crippen molar-refractivity contribution in [2.45, 2.75) is 46.5 Å². The predicted octanol–water partition coefficient (Wildman–Crippen LogP) is 1.59. The van der Waals surface area contributed by atoms with E-state index in [2.05, 4.69) is 0 Å². The second kappa shape index (κ2) is 10.8. The zero-order valence-electron chi connectivity index (χ0n) is 12.4. The van der Waals surface area contributed by atoms with Gasteiger partial charge in [-0.2, -0.15) is 0 Å². The van der Waals surface area contributed by atoms with Gasteiger partial charge in [-0.1, -0.05) is 13.8 Å². The van der Waals surface area contributed by atoms with Crippen molar-refractivity contribution in [3.8, 4) is 0 Å². The van der Waals surface area contributed by atoms with Crippen LogP contribution in [0.4, 0.5) is 0 Å². The molecule has 19 heavy (non-hydrogen) atoms. The fraction of sp³-hybridized carbons (Fsp3) is 0.857. The summed E-state index contributed by atoms with van der Waals surface area (Å²) in [6, 6.07) is 0. The molecule has 0 radical (unpaired) electrons. The third-order valence-electron chi connectivity index (χ3n) is 3.12. The van der Waals surface area contributed by atoms with E-state index in [1.165, 1.54) is 0 Å². The van der Waals surface area contributed by atoms with Gasteiger partial charge in [0.15, 0.2) is 0 Å². The molecule has 0 heterocycles. The molecular formula is C14H27NO4. The van der Waals surface area contributed by atoms with Gasteiger partial charge in [-0.3, -0.25) is 9.59 Å². The molecule has 0 aliphatic rings. The first-order valence-electron chi connectivity index (χ1n) is 7.15. The minimum Gasteiger partial charge on any atom is -0.466 e. The largest absolute Gasteiger partial charge is 0.466 e. The number of amides is 1. The highest BCUT2D eigenvalue weighted by Crippen LogP contribution is 2.13. The molecule has 0 bridgehead atoms. The number of aliphatic hydroxyl groups excluding tert-OH is 1. The summed E-state index contributed by atoms with van der Waals surface area (Å²) < 4.78 is 4.86. The van der Waals surface area contributed by atoms with E-state index in [1.54, 1.807) is 11.8 Å². The lowest BCUT2D eigenvalue weighted by Crippen LogP contribution is -2.38. The Morgan fingerprint density at radius 2 is 1.79 bits per heavy atom. The van der Waals surface area contributed by atoms with Crippen molar-refractivity contribution in [2.24, 2.45) is 5.92 Å². The molecule has 1 N–H and O–H groups in total. The lowest BCUT2D eigenvalue weighted by molar-refractivity contribution is -0.144. The molecule has 0 saturated heterocycles. The smallest absolute Gasteiger partial charge is 0.307 e. The summed E-state index contributed by atoms with van der Waals surface area (Å²) in [5.74, 6) is -0.211. The molecule has 1 amide bonds. The summed E-state index contributed by atoms with van der Waals surface area (Å²) in [5, 5.41) is 8.88. The van der Waals surface area contributed by atoms with E-state index >= 15 is 0 Å². The molecule has 0 spiro atoms. The van der Waals surface area contributed by atoms with Crippen molar-refractivity contribution < 1.29 is 19.4 Å². The number of aliphatic hydroxyl groups is 1. The van der Waals surface area contributed by atoms with Gasteiger partial charge >= 0.3 is 5.97 Å². The van der Waals surface area contributed by atoms with Gasteiger partial charge < -0.3 is 14.7 Å². The van der Waals surface area contributed by atoms with Crippen LogP contribution in [0, 0.1) is 5.92 Å². The Bertz CT molecular complexity index is 264. The van der Waals surface area contributed by atoms with E-state index in [0.29, 0.717) is 26.1 Å². The van der Waals surface area contributed by atoms with Gasteiger partial charge in [0, 0.05) is 25.6 Å². The first-order chi connectivity index (χ1) is 9.10. The van der Waals surface area contributed by atoms with E-state index < -0.39 is 0 Å². The highest BCUT2D eigenvalue weighted by atomic mass is 16.5. The number of hydrogen-bond donors (Lipinski definition) is 1. The first-order valence-corrected chi connectivity index (χ1v) is 7.15. The average molecular weight is 273 g/mol. The monoisotopic (exact) mass is 273 g/mol. The topological polar surface area (TPSA) is 66.8 Å². The Hall–Kier alpha value is -1.10. The zero-order chi connectivity index (χ0) is 14.7. The van der Waals surface area contributed by atoms with Gasteiger partial charge in [-0.15, -0.1) is 0 Å². The normalized spacial score (nSPS) is 10.6. The summed E-state index contributed by atoms with van der Waals surface area (Å²) >= 11 is 0. The van der Waals surface area contributed by atoms with Crippen molar-refractivity contribution in [1.82, 2.24) is 4.90 Å². The number of nitrogens with zero attached hydrogens (tertiary/aromatic N) is 1. The van der Waals surface area contributed by atoms with Crippen LogP contribution in [0.15, 0.2) is 0 Å². The van der Waals surface area contributed by atoms with Crippen LogP contribution in [0.5, 0.6) is 0 Å². The van der Waals surface area contributed by atoms with Crippen LogP contribution in [0.25, 0.3) is 0 Å². The van der Waals surface area contributed by atoms with Crippen molar-refractivity contribution in [3.05, 3.63) is 0 Å². The summed E-state index contributed by atoms with van der Waals surface area (Å²) in [4.78, 5) is 25.3. The van der Waals surface area contributed by atoms with E-state index in [1.807, 2.05) is 13.8 Å². The fourth-order valence-electron chi connectivity index (χ4n) is 1.95. The number of carbonyl (C=O) groups excluding carboxylic acids is 2. The summed E-state index contributed by atoms with van der Waals surface area (Å²) in [6.45, 7) is 7.00. The number of hydrogen-bond acceptors (Lipinski definition) is 4. The van der Waals surface area contributed by atoms with Crippen LogP contribution in [-0.2, 0) is 14.3 Å². The standard InChI is InChI=1S/C14H27NO4/c1-4-12(5-2)14(18)15(9-7-11-16)10-8-13(17)19-6-3/h12,16H,4-11H2,1-3H3. The van der Waals surface area contributed by atoms with Crippen LogP contribution >= 0.6 is 0 Å². The van der Waals surface area contributed by atoms with Crippen molar-refractivity contribution in [3.63, 3.8) is 0 Å². The Morgan fingerprint density at radius 3 is 2.26 bits per heavy atom. The summed E-state index contributed by atoms with van der Waals surface area (Å²) in [6.07, 6.45) is 2.34. The SMILES string of the molecule is CCOC(=O)CCN(CCCO)C(=O)C(CC)CC. The molecule has 0 rings (SSSR count). The molecule has 0 aromatic carbocycles. The Morgan fingerprint density at radius 1 is 1.16 bits per heavy atom. The minimum absolute atomic E-state index is 0.000823. The summed E-state index contributed by atoms with van der Waals surface area (Å²) in [5.41, 5.74) is 0. The molecular weight excluding hydrogens is 246 g/mol. The van der Waals surface area contributed by atoms with E-state index in [0.717, 1.165) is 12.8 Å². The second-order valence-electron chi connectivity index (χ2n) is 4.47. The third kappa shape index (κ3) is 7.15. The van der Waals surface area contributed by atoms with Crippen LogP contribution < -0.4 is 0 Å². The van der Waals surface area contributed by atoms with Gasteiger partial charge in [0.05, 0.1) is 13.0 Å². The van der Waals surface area contributed by atoms with Gasteiger partial charge in [0.2, 0.25) is 5.91 Å². The van der Waals surface area contributed by atoms with Gasteiger partial charge in [0.25, 0.3) is 0 Å². The van der Waals surface area contributed by atoms with Crippen molar-refractivity contribution >= 4 is 11.9 Å². The molecule has 112 valence electrons. The van der Waals surface area contributed by atoms with Crippen LogP contribution in [-0.4, -0.2) is 48.2 Å². The molecule has 0 aliphatic heterocycles. The van der Waals surface area contributed by atoms with Crippen molar-refractivity contribution in [2.75, 3.05) is 26.3 Å². The van der Waals surface area contributed by atoms with E-state index in [9.17, 15) is 9.59 Å². The molecule has 5 nitrogen and oxygen atoms in total. The quantitative estimate of drug-likeness (QED) is 0.614. The van der Waals surface area contributed by atoms with Gasteiger partial charge in [0.1, 0.15) is 0 Å². The van der Waals surface area contributed by atoms with Crippen LogP contribution in [0.1, 0.15) is 46.5 Å². The Kier molecular flexibility index (Phi) is 10.2. The predicted molar refractivity (Wildman–Crippen MR) is 73.6 cm³/mol. The fourth-order valence-corrected chi connectivity index (χ4v) is 1.95. The molecule has 0 atom stereocenters. The average Bonchev–Trinajstić information content (AvgIpc) is 2.40. The second-order valence-corrected chi connectivity index (χ2v) is 4.47. The van der Waals surface area contributed by atoms with Crippen LogP contribution in [0.3, 0.4) is 0 Å². The molecule has 0 aromatic heterocycles. The maximum absolute atomic E-state index is 12.3.